The molecule has 1 heterocycles. The Kier molecular flexibility index (Phi) is 3.87. The highest BCUT2D eigenvalue weighted by atomic mass is 16.2. The van der Waals surface area contributed by atoms with Crippen LogP contribution in [0.5, 0.6) is 0 Å². The van der Waals surface area contributed by atoms with Gasteiger partial charge in [-0.2, -0.15) is 0 Å². The topological polar surface area (TPSA) is 49.6 Å². The molecule has 0 aliphatic carbocycles. The van der Waals surface area contributed by atoms with Crippen molar-refractivity contribution in [2.24, 2.45) is 0 Å². The summed E-state index contributed by atoms with van der Waals surface area (Å²) in [6.07, 6.45) is 2.07. The molecule has 4 heteroatoms. The second-order valence-corrected chi connectivity index (χ2v) is 5.04. The zero-order valence-corrected chi connectivity index (χ0v) is 11.1. The van der Waals surface area contributed by atoms with Crippen LogP contribution in [0.2, 0.25) is 0 Å². The van der Waals surface area contributed by atoms with Crippen molar-refractivity contribution >= 4 is 11.6 Å². The number of para-hydroxylation sites is 1. The number of carbonyl (C=O) groups excluding carboxylic acids is 1. The summed E-state index contributed by atoms with van der Waals surface area (Å²) >= 11 is 0. The Balaban J connectivity index is 2.07. The predicted molar refractivity (Wildman–Crippen MR) is 73.5 cm³/mol. The lowest BCUT2D eigenvalue weighted by atomic mass is 10.0. The molecule has 2 N–H and O–H groups in total. The van der Waals surface area contributed by atoms with Crippen molar-refractivity contribution in [2.75, 3.05) is 32.9 Å². The van der Waals surface area contributed by atoms with Gasteiger partial charge in [0.1, 0.15) is 0 Å². The van der Waals surface area contributed by atoms with Crippen LogP contribution in [0.3, 0.4) is 0 Å². The van der Waals surface area contributed by atoms with E-state index in [1.807, 2.05) is 24.1 Å². The molecule has 1 aliphatic rings. The summed E-state index contributed by atoms with van der Waals surface area (Å²) in [5.41, 5.74) is 7.02. The highest BCUT2D eigenvalue weighted by Gasteiger charge is 2.25. The molecule has 2 rings (SSSR count). The van der Waals surface area contributed by atoms with E-state index in [4.69, 9.17) is 5.73 Å². The van der Waals surface area contributed by atoms with E-state index in [1.165, 1.54) is 0 Å². The Hall–Kier alpha value is -1.55. The summed E-state index contributed by atoms with van der Waals surface area (Å²) in [7, 11) is 4.00. The molecule has 18 heavy (non-hydrogen) atoms. The summed E-state index contributed by atoms with van der Waals surface area (Å²) < 4.78 is 0. The molecule has 1 saturated heterocycles. The normalized spacial score (nSPS) is 17.7. The van der Waals surface area contributed by atoms with Gasteiger partial charge >= 0.3 is 0 Å². The third kappa shape index (κ3) is 2.64. The second kappa shape index (κ2) is 5.40. The van der Waals surface area contributed by atoms with Gasteiger partial charge in [-0.1, -0.05) is 12.1 Å². The zero-order valence-electron chi connectivity index (χ0n) is 11.1. The molecule has 1 amide bonds. The van der Waals surface area contributed by atoms with Crippen LogP contribution in [0.1, 0.15) is 23.2 Å². The highest BCUT2D eigenvalue weighted by Crippen LogP contribution is 2.19. The van der Waals surface area contributed by atoms with Crippen molar-refractivity contribution in [3.63, 3.8) is 0 Å². The SMILES string of the molecule is CN1CCC(N(C)C(=O)c2ccccc2N)CC1. The van der Waals surface area contributed by atoms with E-state index in [2.05, 4.69) is 11.9 Å². The number of nitrogen functional groups attached to an aromatic ring is 1. The Morgan fingerprint density at radius 1 is 1.33 bits per heavy atom. The minimum atomic E-state index is 0.0302. The quantitative estimate of drug-likeness (QED) is 0.804. The van der Waals surface area contributed by atoms with Crippen LogP contribution in [-0.2, 0) is 0 Å². The van der Waals surface area contributed by atoms with Gasteiger partial charge in [0.2, 0.25) is 0 Å². The third-order valence-electron chi connectivity index (χ3n) is 3.75. The van der Waals surface area contributed by atoms with Crippen molar-refractivity contribution in [3.05, 3.63) is 29.8 Å². The molecule has 0 spiro atoms. The average Bonchev–Trinajstić information content (AvgIpc) is 2.38. The van der Waals surface area contributed by atoms with Crippen LogP contribution in [0.15, 0.2) is 24.3 Å². The van der Waals surface area contributed by atoms with Gasteiger partial charge in [-0.05, 0) is 45.1 Å². The molecule has 0 radical (unpaired) electrons. The van der Waals surface area contributed by atoms with E-state index in [0.717, 1.165) is 25.9 Å². The van der Waals surface area contributed by atoms with Crippen molar-refractivity contribution in [1.82, 2.24) is 9.80 Å². The molecule has 1 fully saturated rings. The summed E-state index contributed by atoms with van der Waals surface area (Å²) in [4.78, 5) is 16.5. The van der Waals surface area contributed by atoms with Gasteiger partial charge in [-0.15, -0.1) is 0 Å². The molecule has 1 aromatic carbocycles. The molecule has 0 bridgehead atoms. The van der Waals surface area contributed by atoms with E-state index in [-0.39, 0.29) is 5.91 Å². The summed E-state index contributed by atoms with van der Waals surface area (Å²) in [5, 5.41) is 0. The van der Waals surface area contributed by atoms with Gasteiger partial charge in [0, 0.05) is 18.8 Å². The summed E-state index contributed by atoms with van der Waals surface area (Å²) in [5.74, 6) is 0.0302. The lowest BCUT2D eigenvalue weighted by molar-refractivity contribution is 0.0660. The average molecular weight is 247 g/mol. The number of benzene rings is 1. The first kappa shape index (κ1) is 12.9. The number of likely N-dealkylation sites (tertiary alicyclic amines) is 1. The van der Waals surface area contributed by atoms with Gasteiger partial charge in [-0.3, -0.25) is 4.79 Å². The summed E-state index contributed by atoms with van der Waals surface area (Å²) in [6, 6.07) is 7.60. The van der Waals surface area contributed by atoms with E-state index < -0.39 is 0 Å². The first-order valence-electron chi connectivity index (χ1n) is 6.40. The van der Waals surface area contributed by atoms with Gasteiger partial charge in [0.25, 0.3) is 5.91 Å². The second-order valence-electron chi connectivity index (χ2n) is 5.04. The minimum absolute atomic E-state index is 0.0302. The van der Waals surface area contributed by atoms with Crippen LogP contribution in [0, 0.1) is 0 Å². The lowest BCUT2D eigenvalue weighted by Gasteiger charge is -2.35. The minimum Gasteiger partial charge on any atom is -0.398 e. The van der Waals surface area contributed by atoms with Crippen LogP contribution in [-0.4, -0.2) is 48.9 Å². The van der Waals surface area contributed by atoms with Crippen molar-refractivity contribution in [2.45, 2.75) is 18.9 Å². The van der Waals surface area contributed by atoms with Gasteiger partial charge in [0.15, 0.2) is 0 Å². The lowest BCUT2D eigenvalue weighted by Crippen LogP contribution is -2.44. The molecule has 0 saturated carbocycles. The Morgan fingerprint density at radius 2 is 1.94 bits per heavy atom. The Morgan fingerprint density at radius 3 is 2.56 bits per heavy atom. The van der Waals surface area contributed by atoms with E-state index in [0.29, 0.717) is 17.3 Å². The molecular formula is C14H21N3O. The maximum Gasteiger partial charge on any atom is 0.255 e. The number of amides is 1. The molecule has 0 aromatic heterocycles. The summed E-state index contributed by atoms with van der Waals surface area (Å²) in [6.45, 7) is 2.10. The highest BCUT2D eigenvalue weighted by molar-refractivity contribution is 5.99. The molecule has 98 valence electrons. The molecule has 1 aromatic rings. The van der Waals surface area contributed by atoms with E-state index >= 15 is 0 Å². The monoisotopic (exact) mass is 247 g/mol. The first-order valence-corrected chi connectivity index (χ1v) is 6.40. The number of nitrogens with zero attached hydrogens (tertiary/aromatic N) is 2. The number of hydrogen-bond donors (Lipinski definition) is 1. The Labute approximate surface area is 108 Å². The van der Waals surface area contributed by atoms with Crippen molar-refractivity contribution in [1.29, 1.82) is 0 Å². The maximum absolute atomic E-state index is 12.4. The molecule has 1 aliphatic heterocycles. The van der Waals surface area contributed by atoms with Crippen molar-refractivity contribution in [3.8, 4) is 0 Å². The van der Waals surface area contributed by atoms with Crippen LogP contribution < -0.4 is 5.73 Å². The fourth-order valence-corrected chi connectivity index (χ4v) is 2.43. The number of nitrogens with two attached hydrogens (primary N) is 1. The largest absolute Gasteiger partial charge is 0.398 e. The molecule has 4 nitrogen and oxygen atoms in total. The van der Waals surface area contributed by atoms with Gasteiger partial charge < -0.3 is 15.5 Å². The number of carbonyl (C=O) groups is 1. The van der Waals surface area contributed by atoms with E-state index in [1.54, 1.807) is 12.1 Å². The fourth-order valence-electron chi connectivity index (χ4n) is 2.43. The van der Waals surface area contributed by atoms with Crippen molar-refractivity contribution < 1.29 is 4.79 Å². The smallest absolute Gasteiger partial charge is 0.255 e. The number of rotatable bonds is 2. The van der Waals surface area contributed by atoms with Gasteiger partial charge in [-0.25, -0.2) is 0 Å². The van der Waals surface area contributed by atoms with E-state index in [9.17, 15) is 4.79 Å². The zero-order chi connectivity index (χ0) is 13.1. The first-order chi connectivity index (χ1) is 8.59. The number of hydrogen-bond acceptors (Lipinski definition) is 3. The number of anilines is 1. The Bertz CT molecular complexity index is 425. The number of piperidine rings is 1. The van der Waals surface area contributed by atoms with Crippen LogP contribution in [0.25, 0.3) is 0 Å². The standard InChI is InChI=1S/C14H21N3O/c1-16-9-7-11(8-10-16)17(2)14(18)12-5-3-4-6-13(12)15/h3-6,11H,7-10,15H2,1-2H3. The molecular weight excluding hydrogens is 226 g/mol. The predicted octanol–water partition coefficient (Wildman–Crippen LogP) is 1.43. The molecule has 0 atom stereocenters. The maximum atomic E-state index is 12.4. The van der Waals surface area contributed by atoms with Crippen LogP contribution >= 0.6 is 0 Å². The van der Waals surface area contributed by atoms with Crippen LogP contribution in [0.4, 0.5) is 5.69 Å². The fraction of sp³-hybridized carbons (Fsp3) is 0.500. The van der Waals surface area contributed by atoms with Gasteiger partial charge in [0.05, 0.1) is 5.56 Å². The third-order valence-corrected chi connectivity index (χ3v) is 3.75. The molecule has 0 unspecified atom stereocenters.